The van der Waals surface area contributed by atoms with E-state index in [1.807, 2.05) is 13.0 Å². The standard InChI is InChI=1S/C15H22FN/c1-10-7-8-14(12(3)9-10)17-15-11(2)5-4-6-13(15)16/h4-6,10,12,14,17H,7-9H2,1-3H3. The molecule has 94 valence electrons. The van der Waals surface area contributed by atoms with Gasteiger partial charge in [0.15, 0.2) is 0 Å². The number of hydrogen-bond acceptors (Lipinski definition) is 1. The van der Waals surface area contributed by atoms with Crippen molar-refractivity contribution < 1.29 is 4.39 Å². The Hall–Kier alpha value is -1.05. The van der Waals surface area contributed by atoms with Crippen molar-refractivity contribution in [2.75, 3.05) is 5.32 Å². The zero-order valence-electron chi connectivity index (χ0n) is 11.0. The Morgan fingerprint density at radius 2 is 2.00 bits per heavy atom. The minimum atomic E-state index is -0.129. The van der Waals surface area contributed by atoms with Gasteiger partial charge in [-0.15, -0.1) is 0 Å². The minimum Gasteiger partial charge on any atom is -0.379 e. The highest BCUT2D eigenvalue weighted by molar-refractivity contribution is 5.52. The first-order valence-corrected chi connectivity index (χ1v) is 6.59. The highest BCUT2D eigenvalue weighted by atomic mass is 19.1. The largest absolute Gasteiger partial charge is 0.379 e. The van der Waals surface area contributed by atoms with Gasteiger partial charge in [0.25, 0.3) is 0 Å². The summed E-state index contributed by atoms with van der Waals surface area (Å²) in [5.41, 5.74) is 1.69. The number of anilines is 1. The van der Waals surface area contributed by atoms with Gasteiger partial charge in [-0.25, -0.2) is 4.39 Å². The van der Waals surface area contributed by atoms with Crippen LogP contribution in [0.5, 0.6) is 0 Å². The van der Waals surface area contributed by atoms with E-state index in [4.69, 9.17) is 0 Å². The van der Waals surface area contributed by atoms with E-state index in [0.29, 0.717) is 17.6 Å². The van der Waals surface area contributed by atoms with E-state index < -0.39 is 0 Å². The van der Waals surface area contributed by atoms with Gasteiger partial charge in [0, 0.05) is 6.04 Å². The molecule has 1 saturated carbocycles. The molecule has 0 spiro atoms. The molecule has 3 unspecified atom stereocenters. The molecule has 1 aliphatic rings. The molecule has 1 nitrogen and oxygen atoms in total. The first-order chi connectivity index (χ1) is 8.08. The Labute approximate surface area is 103 Å². The molecule has 1 aliphatic carbocycles. The summed E-state index contributed by atoms with van der Waals surface area (Å²) in [7, 11) is 0. The van der Waals surface area contributed by atoms with E-state index >= 15 is 0 Å². The molecule has 1 aromatic carbocycles. The maximum atomic E-state index is 13.7. The van der Waals surface area contributed by atoms with Crippen LogP contribution in [0.2, 0.25) is 0 Å². The lowest BCUT2D eigenvalue weighted by Crippen LogP contribution is -2.33. The van der Waals surface area contributed by atoms with Gasteiger partial charge in [0.2, 0.25) is 0 Å². The zero-order chi connectivity index (χ0) is 12.4. The number of para-hydroxylation sites is 1. The van der Waals surface area contributed by atoms with Crippen LogP contribution in [0.1, 0.15) is 38.7 Å². The monoisotopic (exact) mass is 235 g/mol. The van der Waals surface area contributed by atoms with Gasteiger partial charge in [-0.1, -0.05) is 26.0 Å². The van der Waals surface area contributed by atoms with Crippen LogP contribution in [0.4, 0.5) is 10.1 Å². The minimum absolute atomic E-state index is 0.129. The van der Waals surface area contributed by atoms with E-state index in [2.05, 4.69) is 19.2 Å². The molecule has 0 aliphatic heterocycles. The van der Waals surface area contributed by atoms with Crippen LogP contribution in [0.15, 0.2) is 18.2 Å². The molecule has 1 N–H and O–H groups in total. The molecule has 2 rings (SSSR count). The van der Waals surface area contributed by atoms with Crippen molar-refractivity contribution in [2.24, 2.45) is 11.8 Å². The van der Waals surface area contributed by atoms with Gasteiger partial charge in [-0.3, -0.25) is 0 Å². The lowest BCUT2D eigenvalue weighted by molar-refractivity contribution is 0.276. The second kappa shape index (κ2) is 5.07. The predicted molar refractivity (Wildman–Crippen MR) is 70.7 cm³/mol. The number of aryl methyl sites for hydroxylation is 1. The zero-order valence-corrected chi connectivity index (χ0v) is 11.0. The Bertz CT molecular complexity index is 368. The maximum Gasteiger partial charge on any atom is 0.146 e. The van der Waals surface area contributed by atoms with Crippen LogP contribution in [-0.4, -0.2) is 6.04 Å². The first-order valence-electron chi connectivity index (χ1n) is 6.59. The quantitative estimate of drug-likeness (QED) is 0.802. The summed E-state index contributed by atoms with van der Waals surface area (Å²) in [6, 6.07) is 5.68. The molecule has 0 saturated heterocycles. The van der Waals surface area contributed by atoms with E-state index in [0.717, 1.165) is 17.9 Å². The Morgan fingerprint density at radius 3 is 2.65 bits per heavy atom. The van der Waals surface area contributed by atoms with Crippen LogP contribution in [-0.2, 0) is 0 Å². The molecule has 0 aromatic heterocycles. The molecule has 0 heterocycles. The molecule has 0 amide bonds. The van der Waals surface area contributed by atoms with Crippen LogP contribution in [0, 0.1) is 24.6 Å². The van der Waals surface area contributed by atoms with Crippen LogP contribution < -0.4 is 5.32 Å². The Balaban J connectivity index is 2.10. The van der Waals surface area contributed by atoms with Crippen molar-refractivity contribution in [1.82, 2.24) is 0 Å². The van der Waals surface area contributed by atoms with Gasteiger partial charge >= 0.3 is 0 Å². The van der Waals surface area contributed by atoms with Gasteiger partial charge in [0.1, 0.15) is 5.82 Å². The summed E-state index contributed by atoms with van der Waals surface area (Å²) in [4.78, 5) is 0. The maximum absolute atomic E-state index is 13.7. The normalized spacial score (nSPS) is 29.1. The van der Waals surface area contributed by atoms with E-state index in [1.54, 1.807) is 6.07 Å². The number of nitrogens with one attached hydrogen (secondary N) is 1. The molecule has 1 aromatic rings. The number of benzene rings is 1. The van der Waals surface area contributed by atoms with Crippen LogP contribution in [0.3, 0.4) is 0 Å². The smallest absolute Gasteiger partial charge is 0.146 e. The summed E-state index contributed by atoms with van der Waals surface area (Å²) < 4.78 is 13.7. The second-order valence-electron chi connectivity index (χ2n) is 5.58. The van der Waals surface area contributed by atoms with Crippen LogP contribution >= 0.6 is 0 Å². The molecular weight excluding hydrogens is 213 g/mol. The highest BCUT2D eigenvalue weighted by Gasteiger charge is 2.26. The molecule has 0 radical (unpaired) electrons. The van der Waals surface area contributed by atoms with E-state index in [1.165, 1.54) is 18.9 Å². The second-order valence-corrected chi connectivity index (χ2v) is 5.58. The number of rotatable bonds is 2. The van der Waals surface area contributed by atoms with Crippen molar-refractivity contribution in [2.45, 2.75) is 46.1 Å². The van der Waals surface area contributed by atoms with Crippen molar-refractivity contribution in [1.29, 1.82) is 0 Å². The topological polar surface area (TPSA) is 12.0 Å². The Kier molecular flexibility index (Phi) is 3.70. The third-order valence-corrected chi connectivity index (χ3v) is 3.98. The summed E-state index contributed by atoms with van der Waals surface area (Å²) in [6.07, 6.45) is 3.64. The molecule has 17 heavy (non-hydrogen) atoms. The lowest BCUT2D eigenvalue weighted by atomic mass is 9.80. The van der Waals surface area contributed by atoms with Gasteiger partial charge in [-0.05, 0) is 49.7 Å². The van der Waals surface area contributed by atoms with Gasteiger partial charge in [-0.2, -0.15) is 0 Å². The van der Waals surface area contributed by atoms with Gasteiger partial charge in [0.05, 0.1) is 5.69 Å². The Morgan fingerprint density at radius 1 is 1.24 bits per heavy atom. The average molecular weight is 235 g/mol. The fourth-order valence-corrected chi connectivity index (χ4v) is 2.88. The third kappa shape index (κ3) is 2.80. The van der Waals surface area contributed by atoms with E-state index in [9.17, 15) is 4.39 Å². The predicted octanol–water partition coefficient (Wildman–Crippen LogP) is 4.37. The lowest BCUT2D eigenvalue weighted by Gasteiger charge is -2.34. The van der Waals surface area contributed by atoms with Crippen molar-refractivity contribution in [3.63, 3.8) is 0 Å². The average Bonchev–Trinajstić information content (AvgIpc) is 2.26. The summed E-state index contributed by atoms with van der Waals surface area (Å²) in [5, 5.41) is 3.41. The van der Waals surface area contributed by atoms with Crippen molar-refractivity contribution in [3.8, 4) is 0 Å². The SMILES string of the molecule is Cc1cccc(F)c1NC1CCC(C)CC1C. The summed E-state index contributed by atoms with van der Waals surface area (Å²) in [5.74, 6) is 1.30. The van der Waals surface area contributed by atoms with Gasteiger partial charge < -0.3 is 5.32 Å². The van der Waals surface area contributed by atoms with Crippen molar-refractivity contribution in [3.05, 3.63) is 29.6 Å². The molecular formula is C15H22FN. The fraction of sp³-hybridized carbons (Fsp3) is 0.600. The fourth-order valence-electron chi connectivity index (χ4n) is 2.88. The number of halogens is 1. The molecule has 2 heteroatoms. The number of hydrogen-bond donors (Lipinski definition) is 1. The summed E-state index contributed by atoms with van der Waals surface area (Å²) in [6.45, 7) is 6.53. The third-order valence-electron chi connectivity index (χ3n) is 3.98. The van der Waals surface area contributed by atoms with Crippen molar-refractivity contribution >= 4 is 5.69 Å². The molecule has 0 bridgehead atoms. The molecule has 1 fully saturated rings. The highest BCUT2D eigenvalue weighted by Crippen LogP contribution is 2.32. The first kappa shape index (κ1) is 12.4. The van der Waals surface area contributed by atoms with E-state index in [-0.39, 0.29) is 5.82 Å². The van der Waals surface area contributed by atoms with Crippen LogP contribution in [0.25, 0.3) is 0 Å². The summed E-state index contributed by atoms with van der Waals surface area (Å²) >= 11 is 0. The molecule has 3 atom stereocenters.